The molecule has 0 saturated heterocycles. The van der Waals surface area contributed by atoms with E-state index in [9.17, 15) is 4.79 Å². The second kappa shape index (κ2) is 7.26. The third-order valence-corrected chi connectivity index (χ3v) is 3.64. The van der Waals surface area contributed by atoms with Gasteiger partial charge >= 0.3 is 5.97 Å². The van der Waals surface area contributed by atoms with E-state index in [-0.39, 0.29) is 5.97 Å². The number of hydrogen-bond donors (Lipinski definition) is 0. The zero-order chi connectivity index (χ0) is 15.2. The first-order valence-electron chi connectivity index (χ1n) is 7.74. The molecule has 0 aromatic heterocycles. The summed E-state index contributed by atoms with van der Waals surface area (Å²) in [5, 5.41) is 0. The average molecular weight is 282 g/mol. The Hall–Kier alpha value is -0.830. The van der Waals surface area contributed by atoms with Crippen molar-refractivity contribution < 1.29 is 14.3 Å². The van der Waals surface area contributed by atoms with Gasteiger partial charge in [-0.1, -0.05) is 32.4 Å². The van der Waals surface area contributed by atoms with Crippen molar-refractivity contribution in [3.8, 4) is 0 Å². The molecular weight excluding hydrogens is 252 g/mol. The van der Waals surface area contributed by atoms with Crippen LogP contribution < -0.4 is 0 Å². The van der Waals surface area contributed by atoms with E-state index in [0.717, 1.165) is 12.8 Å². The van der Waals surface area contributed by atoms with Crippen molar-refractivity contribution in [2.75, 3.05) is 13.2 Å². The average Bonchev–Trinajstić information content (AvgIpc) is 2.67. The fourth-order valence-corrected chi connectivity index (χ4v) is 2.41. The molecule has 116 valence electrons. The number of allylic oxidation sites excluding steroid dienone is 1. The quantitative estimate of drug-likeness (QED) is 0.493. The number of esters is 1. The van der Waals surface area contributed by atoms with E-state index in [0.29, 0.717) is 25.0 Å². The van der Waals surface area contributed by atoms with E-state index >= 15 is 0 Å². The second-order valence-electron chi connectivity index (χ2n) is 7.06. The molecule has 0 aromatic carbocycles. The van der Waals surface area contributed by atoms with Crippen LogP contribution in [0.5, 0.6) is 0 Å². The van der Waals surface area contributed by atoms with E-state index in [1.807, 2.05) is 20.8 Å². The Bertz CT molecular complexity index is 353. The minimum Gasteiger partial charge on any atom is -0.463 e. The third kappa shape index (κ3) is 6.56. The normalized spacial score (nSPS) is 17.9. The lowest BCUT2D eigenvalue weighted by Gasteiger charge is -2.25. The van der Waals surface area contributed by atoms with Gasteiger partial charge < -0.3 is 9.47 Å². The maximum atomic E-state index is 11.4. The van der Waals surface area contributed by atoms with Crippen molar-refractivity contribution in [3.63, 3.8) is 0 Å². The summed E-state index contributed by atoms with van der Waals surface area (Å²) in [6.07, 6.45) is 7.09. The van der Waals surface area contributed by atoms with Crippen LogP contribution in [0.4, 0.5) is 0 Å². The molecule has 0 aliphatic heterocycles. The lowest BCUT2D eigenvalue weighted by atomic mass is 9.94. The largest absolute Gasteiger partial charge is 0.463 e. The molecule has 0 radical (unpaired) electrons. The molecule has 0 amide bonds. The predicted octanol–water partition coefficient (Wildman–Crippen LogP) is 4.26. The van der Waals surface area contributed by atoms with Crippen molar-refractivity contribution in [2.24, 2.45) is 5.41 Å². The standard InChI is InChI=1S/C17H30O3/c1-6-7-15(18)19-13-17(4,5)20-11-9-14-8-10-16(2,3)12-14/h12H,6-11,13H2,1-5H3. The Balaban J connectivity index is 2.24. The molecule has 0 N–H and O–H groups in total. The fourth-order valence-electron chi connectivity index (χ4n) is 2.41. The molecule has 1 aliphatic carbocycles. The van der Waals surface area contributed by atoms with E-state index in [1.54, 1.807) is 0 Å². The van der Waals surface area contributed by atoms with Gasteiger partial charge in [-0.2, -0.15) is 0 Å². The Morgan fingerprint density at radius 2 is 2.10 bits per heavy atom. The van der Waals surface area contributed by atoms with Crippen LogP contribution in [0.1, 0.15) is 66.7 Å². The highest BCUT2D eigenvalue weighted by atomic mass is 16.6. The van der Waals surface area contributed by atoms with Crippen LogP contribution in [0.3, 0.4) is 0 Å². The molecule has 20 heavy (non-hydrogen) atoms. The van der Waals surface area contributed by atoms with Crippen LogP contribution >= 0.6 is 0 Å². The Kier molecular flexibility index (Phi) is 6.25. The van der Waals surface area contributed by atoms with Gasteiger partial charge in [-0.25, -0.2) is 0 Å². The van der Waals surface area contributed by atoms with Crippen molar-refractivity contribution in [3.05, 3.63) is 11.6 Å². The highest BCUT2D eigenvalue weighted by Gasteiger charge is 2.24. The first-order valence-corrected chi connectivity index (χ1v) is 7.74. The predicted molar refractivity (Wildman–Crippen MR) is 81.6 cm³/mol. The molecule has 0 saturated carbocycles. The van der Waals surface area contributed by atoms with Crippen LogP contribution in [-0.2, 0) is 14.3 Å². The van der Waals surface area contributed by atoms with Gasteiger partial charge in [0, 0.05) is 6.42 Å². The second-order valence-corrected chi connectivity index (χ2v) is 7.06. The fraction of sp³-hybridized carbons (Fsp3) is 0.824. The summed E-state index contributed by atoms with van der Waals surface area (Å²) in [7, 11) is 0. The lowest BCUT2D eigenvalue weighted by molar-refractivity contribution is -0.153. The SMILES string of the molecule is CCCC(=O)OCC(C)(C)OCCC1=CC(C)(C)CC1. The minimum atomic E-state index is -0.405. The lowest BCUT2D eigenvalue weighted by Crippen LogP contribution is -2.32. The van der Waals surface area contributed by atoms with E-state index in [4.69, 9.17) is 9.47 Å². The smallest absolute Gasteiger partial charge is 0.305 e. The molecule has 0 spiro atoms. The number of ether oxygens (including phenoxy) is 2. The van der Waals surface area contributed by atoms with Crippen molar-refractivity contribution >= 4 is 5.97 Å². The third-order valence-electron chi connectivity index (χ3n) is 3.64. The molecule has 0 bridgehead atoms. The van der Waals surface area contributed by atoms with Crippen LogP contribution in [-0.4, -0.2) is 24.8 Å². The van der Waals surface area contributed by atoms with Crippen LogP contribution in [0.2, 0.25) is 0 Å². The molecule has 0 fully saturated rings. The zero-order valence-corrected chi connectivity index (χ0v) is 13.8. The van der Waals surface area contributed by atoms with Gasteiger partial charge in [0.05, 0.1) is 12.2 Å². The maximum Gasteiger partial charge on any atom is 0.305 e. The van der Waals surface area contributed by atoms with Crippen molar-refractivity contribution in [1.29, 1.82) is 0 Å². The Morgan fingerprint density at radius 3 is 2.65 bits per heavy atom. The summed E-state index contributed by atoms with van der Waals surface area (Å²) in [6, 6.07) is 0. The summed E-state index contributed by atoms with van der Waals surface area (Å²) >= 11 is 0. The molecule has 1 aliphatic rings. The molecule has 3 nitrogen and oxygen atoms in total. The summed E-state index contributed by atoms with van der Waals surface area (Å²) in [4.78, 5) is 11.4. The van der Waals surface area contributed by atoms with E-state index < -0.39 is 5.60 Å². The van der Waals surface area contributed by atoms with Crippen LogP contribution in [0.15, 0.2) is 11.6 Å². The van der Waals surface area contributed by atoms with Gasteiger partial charge in [-0.15, -0.1) is 0 Å². The number of hydrogen-bond acceptors (Lipinski definition) is 3. The van der Waals surface area contributed by atoms with Crippen molar-refractivity contribution in [2.45, 2.75) is 72.3 Å². The molecule has 0 unspecified atom stereocenters. The molecule has 0 atom stereocenters. The minimum absolute atomic E-state index is 0.135. The van der Waals surface area contributed by atoms with E-state index in [1.165, 1.54) is 18.4 Å². The monoisotopic (exact) mass is 282 g/mol. The zero-order valence-electron chi connectivity index (χ0n) is 13.8. The molecular formula is C17H30O3. The van der Waals surface area contributed by atoms with E-state index in [2.05, 4.69) is 19.9 Å². The summed E-state index contributed by atoms with van der Waals surface area (Å²) in [5.74, 6) is -0.135. The van der Waals surface area contributed by atoms with Gasteiger partial charge in [0.25, 0.3) is 0 Å². The van der Waals surface area contributed by atoms with Crippen LogP contribution in [0, 0.1) is 5.41 Å². The van der Waals surface area contributed by atoms with Gasteiger partial charge in [0.2, 0.25) is 0 Å². The van der Waals surface area contributed by atoms with Crippen molar-refractivity contribution in [1.82, 2.24) is 0 Å². The summed E-state index contributed by atoms with van der Waals surface area (Å²) < 4.78 is 11.1. The van der Waals surface area contributed by atoms with Gasteiger partial charge in [0.1, 0.15) is 6.61 Å². The Morgan fingerprint density at radius 1 is 1.40 bits per heavy atom. The molecule has 3 heteroatoms. The van der Waals surface area contributed by atoms with Crippen LogP contribution in [0.25, 0.3) is 0 Å². The summed E-state index contributed by atoms with van der Waals surface area (Å²) in [5.41, 5.74) is 1.44. The molecule has 1 rings (SSSR count). The van der Waals surface area contributed by atoms with Gasteiger partial charge in [-0.3, -0.25) is 4.79 Å². The summed E-state index contributed by atoms with van der Waals surface area (Å²) in [6.45, 7) is 11.5. The first-order chi connectivity index (χ1) is 9.24. The first kappa shape index (κ1) is 17.2. The molecule has 0 aromatic rings. The van der Waals surface area contributed by atoms with Gasteiger partial charge in [-0.05, 0) is 44.9 Å². The van der Waals surface area contributed by atoms with Gasteiger partial charge in [0.15, 0.2) is 0 Å². The number of carbonyl (C=O) groups excluding carboxylic acids is 1. The highest BCUT2D eigenvalue weighted by Crippen LogP contribution is 2.36. The topological polar surface area (TPSA) is 35.5 Å². The Labute approximate surface area is 123 Å². The number of rotatable bonds is 8. The maximum absolute atomic E-state index is 11.4. The molecule has 0 heterocycles. The number of carbonyl (C=O) groups is 1. The highest BCUT2D eigenvalue weighted by molar-refractivity contribution is 5.69.